The normalized spacial score (nSPS) is 20.3. The first-order valence-corrected chi connectivity index (χ1v) is 10.3. The zero-order valence-corrected chi connectivity index (χ0v) is 17.1. The quantitative estimate of drug-likeness (QED) is 0.766. The van der Waals surface area contributed by atoms with Gasteiger partial charge in [-0.3, -0.25) is 14.6 Å². The second-order valence-corrected chi connectivity index (χ2v) is 8.18. The molecule has 0 unspecified atom stereocenters. The Hall–Kier alpha value is -2.95. The lowest BCUT2D eigenvalue weighted by Gasteiger charge is -2.25. The summed E-state index contributed by atoms with van der Waals surface area (Å²) in [5.74, 6) is -2.47. The summed E-state index contributed by atoms with van der Waals surface area (Å²) in [7, 11) is 0. The lowest BCUT2D eigenvalue weighted by Crippen LogP contribution is -2.40. The SMILES string of the molecule is O=C(O)C(F)(F)F.O=C1C[C@H]2[C@@H](CCN2C(=O)Cc2cccs2)N1Cc1ccncc1. The molecule has 0 saturated carbocycles. The number of nitrogens with zero attached hydrogens (tertiary/aromatic N) is 3. The number of hydrogen-bond donors (Lipinski definition) is 1. The monoisotopic (exact) mass is 455 g/mol. The van der Waals surface area contributed by atoms with Crippen LogP contribution in [0.3, 0.4) is 0 Å². The molecule has 166 valence electrons. The number of alkyl halides is 3. The van der Waals surface area contributed by atoms with Gasteiger partial charge in [-0.15, -0.1) is 11.3 Å². The lowest BCUT2D eigenvalue weighted by atomic mass is 10.1. The van der Waals surface area contributed by atoms with Crippen molar-refractivity contribution in [3.63, 3.8) is 0 Å². The van der Waals surface area contributed by atoms with Crippen LogP contribution in [0.2, 0.25) is 0 Å². The van der Waals surface area contributed by atoms with Crippen molar-refractivity contribution in [2.24, 2.45) is 0 Å². The molecule has 0 radical (unpaired) electrons. The van der Waals surface area contributed by atoms with E-state index in [1.807, 2.05) is 39.4 Å². The highest BCUT2D eigenvalue weighted by Gasteiger charge is 2.48. The molecule has 4 rings (SSSR count). The Bertz CT molecular complexity index is 922. The summed E-state index contributed by atoms with van der Waals surface area (Å²) in [6.45, 7) is 1.36. The van der Waals surface area contributed by atoms with Gasteiger partial charge in [0.2, 0.25) is 11.8 Å². The number of carboxylic acid groups (broad SMARTS) is 1. The fourth-order valence-electron chi connectivity index (χ4n) is 3.79. The van der Waals surface area contributed by atoms with Gasteiger partial charge in [-0.05, 0) is 35.6 Å². The number of pyridine rings is 1. The second kappa shape index (κ2) is 9.46. The van der Waals surface area contributed by atoms with Crippen molar-refractivity contribution in [3.8, 4) is 0 Å². The summed E-state index contributed by atoms with van der Waals surface area (Å²) in [5, 5.41) is 9.12. The zero-order chi connectivity index (χ0) is 22.6. The number of halogens is 3. The minimum Gasteiger partial charge on any atom is -0.475 e. The number of likely N-dealkylation sites (tertiary alicyclic amines) is 2. The van der Waals surface area contributed by atoms with Crippen LogP contribution in [0.4, 0.5) is 13.2 Å². The standard InChI is InChI=1S/C18H19N3O2S.C2HF3O2/c22-17(10-14-2-1-9-24-14)20-8-5-15-16(20)11-18(23)21(15)12-13-3-6-19-7-4-13;3-2(4,5)1(6)7/h1-4,6-7,9,15-16H,5,8,10-12H2;(H,6,7)/t15-,16+;/m1./s1. The summed E-state index contributed by atoms with van der Waals surface area (Å²) >= 11 is 1.61. The Morgan fingerprint density at radius 1 is 1.19 bits per heavy atom. The molecule has 0 aliphatic carbocycles. The van der Waals surface area contributed by atoms with E-state index >= 15 is 0 Å². The van der Waals surface area contributed by atoms with Gasteiger partial charge in [-0.2, -0.15) is 13.2 Å². The van der Waals surface area contributed by atoms with Crippen molar-refractivity contribution in [1.82, 2.24) is 14.8 Å². The van der Waals surface area contributed by atoms with Crippen molar-refractivity contribution >= 4 is 29.1 Å². The number of aliphatic carboxylic acids is 1. The molecule has 7 nitrogen and oxygen atoms in total. The third-order valence-electron chi connectivity index (χ3n) is 5.19. The van der Waals surface area contributed by atoms with Gasteiger partial charge in [-0.1, -0.05) is 6.07 Å². The maximum absolute atomic E-state index is 12.6. The number of carbonyl (C=O) groups excluding carboxylic acids is 2. The van der Waals surface area contributed by atoms with Gasteiger partial charge in [0.05, 0.1) is 18.5 Å². The summed E-state index contributed by atoms with van der Waals surface area (Å²) < 4.78 is 31.7. The average Bonchev–Trinajstić information content (AvgIpc) is 3.42. The van der Waals surface area contributed by atoms with Crippen LogP contribution in [0.15, 0.2) is 42.0 Å². The van der Waals surface area contributed by atoms with Crippen LogP contribution >= 0.6 is 11.3 Å². The van der Waals surface area contributed by atoms with E-state index in [-0.39, 0.29) is 23.9 Å². The molecule has 4 heterocycles. The van der Waals surface area contributed by atoms with Gasteiger partial charge in [0.25, 0.3) is 0 Å². The number of amides is 2. The summed E-state index contributed by atoms with van der Waals surface area (Å²) in [4.78, 5) is 42.9. The highest BCUT2D eigenvalue weighted by molar-refractivity contribution is 7.10. The number of carbonyl (C=O) groups is 3. The third kappa shape index (κ3) is 5.60. The summed E-state index contributed by atoms with van der Waals surface area (Å²) in [5.41, 5.74) is 1.09. The van der Waals surface area contributed by atoms with Crippen LogP contribution in [0.1, 0.15) is 23.3 Å². The minimum absolute atomic E-state index is 0.0341. The van der Waals surface area contributed by atoms with Crippen LogP contribution in [-0.2, 0) is 27.3 Å². The first kappa shape index (κ1) is 22.7. The Morgan fingerprint density at radius 2 is 1.87 bits per heavy atom. The molecule has 2 amide bonds. The Morgan fingerprint density at radius 3 is 2.45 bits per heavy atom. The molecule has 0 spiro atoms. The van der Waals surface area contributed by atoms with Gasteiger partial charge < -0.3 is 14.9 Å². The van der Waals surface area contributed by atoms with Crippen molar-refractivity contribution in [2.45, 2.75) is 44.1 Å². The number of hydrogen-bond acceptors (Lipinski definition) is 5. The second-order valence-electron chi connectivity index (χ2n) is 7.15. The van der Waals surface area contributed by atoms with E-state index in [9.17, 15) is 22.8 Å². The largest absolute Gasteiger partial charge is 0.490 e. The number of aromatic nitrogens is 1. The van der Waals surface area contributed by atoms with E-state index in [2.05, 4.69) is 4.98 Å². The first-order chi connectivity index (χ1) is 14.7. The molecule has 2 aliphatic heterocycles. The van der Waals surface area contributed by atoms with Crippen molar-refractivity contribution in [2.75, 3.05) is 6.54 Å². The minimum atomic E-state index is -5.08. The van der Waals surface area contributed by atoms with Gasteiger partial charge in [0.1, 0.15) is 0 Å². The Kier molecular flexibility index (Phi) is 6.94. The maximum Gasteiger partial charge on any atom is 0.490 e. The van der Waals surface area contributed by atoms with Crippen molar-refractivity contribution in [1.29, 1.82) is 0 Å². The number of fused-ring (bicyclic) bond motifs is 1. The molecular weight excluding hydrogens is 435 g/mol. The van der Waals surface area contributed by atoms with Crippen molar-refractivity contribution < 1.29 is 32.7 Å². The van der Waals surface area contributed by atoms with E-state index in [0.29, 0.717) is 19.4 Å². The first-order valence-electron chi connectivity index (χ1n) is 9.47. The van der Waals surface area contributed by atoms with Crippen LogP contribution < -0.4 is 0 Å². The van der Waals surface area contributed by atoms with Gasteiger partial charge >= 0.3 is 12.1 Å². The van der Waals surface area contributed by atoms with Crippen LogP contribution in [0, 0.1) is 0 Å². The molecule has 11 heteroatoms. The van der Waals surface area contributed by atoms with E-state index in [1.54, 1.807) is 23.7 Å². The van der Waals surface area contributed by atoms with E-state index in [1.165, 1.54) is 0 Å². The van der Waals surface area contributed by atoms with Crippen molar-refractivity contribution in [3.05, 3.63) is 52.5 Å². The predicted molar refractivity (Wildman–Crippen MR) is 105 cm³/mol. The summed E-state index contributed by atoms with van der Waals surface area (Å²) in [6.07, 6.45) is 0.181. The lowest BCUT2D eigenvalue weighted by molar-refractivity contribution is -0.192. The Labute approximate surface area is 180 Å². The predicted octanol–water partition coefficient (Wildman–Crippen LogP) is 2.72. The maximum atomic E-state index is 12.6. The van der Waals surface area contributed by atoms with Gasteiger partial charge in [0, 0.05) is 36.8 Å². The van der Waals surface area contributed by atoms with E-state index in [4.69, 9.17) is 9.90 Å². The molecule has 2 aromatic rings. The Balaban J connectivity index is 0.000000339. The van der Waals surface area contributed by atoms with Crippen LogP contribution in [-0.4, -0.2) is 62.5 Å². The molecule has 31 heavy (non-hydrogen) atoms. The van der Waals surface area contributed by atoms with E-state index in [0.717, 1.165) is 23.4 Å². The van der Waals surface area contributed by atoms with Gasteiger partial charge in [-0.25, -0.2) is 4.79 Å². The molecule has 2 saturated heterocycles. The number of thiophene rings is 1. The van der Waals surface area contributed by atoms with Crippen LogP contribution in [0.25, 0.3) is 0 Å². The fourth-order valence-corrected chi connectivity index (χ4v) is 4.49. The molecule has 2 aromatic heterocycles. The smallest absolute Gasteiger partial charge is 0.475 e. The molecule has 2 fully saturated rings. The topological polar surface area (TPSA) is 90.8 Å². The highest BCUT2D eigenvalue weighted by Crippen LogP contribution is 2.34. The molecule has 0 bridgehead atoms. The molecule has 1 N–H and O–H groups in total. The van der Waals surface area contributed by atoms with E-state index < -0.39 is 12.1 Å². The average molecular weight is 455 g/mol. The van der Waals surface area contributed by atoms with Gasteiger partial charge in [0.15, 0.2) is 0 Å². The van der Waals surface area contributed by atoms with Crippen LogP contribution in [0.5, 0.6) is 0 Å². The zero-order valence-electron chi connectivity index (χ0n) is 16.3. The summed E-state index contributed by atoms with van der Waals surface area (Å²) in [6, 6.07) is 8.02. The molecular formula is C20H20F3N3O4S. The number of rotatable bonds is 4. The molecule has 0 aromatic carbocycles. The highest BCUT2D eigenvalue weighted by atomic mass is 32.1. The molecule has 2 aliphatic rings. The molecule has 2 atom stereocenters. The third-order valence-corrected chi connectivity index (χ3v) is 6.06. The number of carboxylic acids is 1. The fraction of sp³-hybridized carbons (Fsp3) is 0.400.